The zero-order valence-corrected chi connectivity index (χ0v) is 15.8. The molecule has 0 atom stereocenters. The molecule has 10 nitrogen and oxygen atoms in total. The lowest BCUT2D eigenvalue weighted by molar-refractivity contribution is -0.385. The summed E-state index contributed by atoms with van der Waals surface area (Å²) in [4.78, 5) is 20.3. The Labute approximate surface area is 169 Å². The highest BCUT2D eigenvalue weighted by Crippen LogP contribution is 2.38. The van der Waals surface area contributed by atoms with Crippen molar-refractivity contribution < 1.29 is 22.5 Å². The molecule has 0 spiro atoms. The molecule has 0 unspecified atom stereocenters. The molecule has 0 radical (unpaired) electrons. The van der Waals surface area contributed by atoms with Crippen LogP contribution in [0.15, 0.2) is 76.8 Å². The maximum atomic E-state index is 12.5. The number of nitro benzene ring substituents is 2. The first-order chi connectivity index (χ1) is 14.3. The number of benzene rings is 3. The van der Waals surface area contributed by atoms with Crippen LogP contribution in [0.2, 0.25) is 0 Å². The quantitative estimate of drug-likeness (QED) is 0.351. The molecule has 1 aliphatic carbocycles. The molecule has 0 heterocycles. The van der Waals surface area contributed by atoms with Crippen LogP contribution in [-0.2, 0) is 14.4 Å². The first kappa shape index (κ1) is 19.2. The molecule has 0 aliphatic heterocycles. The van der Waals surface area contributed by atoms with Crippen molar-refractivity contribution in [3.05, 3.63) is 98.1 Å². The Bertz CT molecular complexity index is 1330. The number of oxime groups is 1. The van der Waals surface area contributed by atoms with Gasteiger partial charge in [-0.3, -0.25) is 24.5 Å². The van der Waals surface area contributed by atoms with E-state index in [1.54, 1.807) is 30.3 Å². The molecule has 0 fully saturated rings. The van der Waals surface area contributed by atoms with Crippen LogP contribution in [0.4, 0.5) is 11.4 Å². The molecule has 11 heteroatoms. The topological polar surface area (TPSA) is 142 Å². The van der Waals surface area contributed by atoms with Gasteiger partial charge in [0.15, 0.2) is 0 Å². The van der Waals surface area contributed by atoms with E-state index in [9.17, 15) is 28.6 Å². The highest BCUT2D eigenvalue weighted by molar-refractivity contribution is 7.86. The van der Waals surface area contributed by atoms with Gasteiger partial charge in [0.05, 0.1) is 9.85 Å². The summed E-state index contributed by atoms with van der Waals surface area (Å²) >= 11 is 0. The zero-order chi connectivity index (χ0) is 21.5. The van der Waals surface area contributed by atoms with Gasteiger partial charge in [-0.25, -0.2) is 0 Å². The van der Waals surface area contributed by atoms with E-state index in [2.05, 4.69) is 5.16 Å². The van der Waals surface area contributed by atoms with E-state index in [1.807, 2.05) is 0 Å². The van der Waals surface area contributed by atoms with E-state index in [4.69, 9.17) is 4.28 Å². The highest BCUT2D eigenvalue weighted by atomic mass is 32.2. The second-order valence-electron chi connectivity index (χ2n) is 6.25. The van der Waals surface area contributed by atoms with Crippen LogP contribution >= 0.6 is 0 Å². The first-order valence-electron chi connectivity index (χ1n) is 8.42. The Morgan fingerprint density at radius 2 is 1.30 bits per heavy atom. The predicted molar refractivity (Wildman–Crippen MR) is 106 cm³/mol. The fourth-order valence-electron chi connectivity index (χ4n) is 3.11. The average Bonchev–Trinajstić information content (AvgIpc) is 3.05. The Morgan fingerprint density at radius 3 is 1.93 bits per heavy atom. The molecule has 150 valence electrons. The van der Waals surface area contributed by atoms with Crippen LogP contribution < -0.4 is 0 Å². The van der Waals surface area contributed by atoms with Crippen molar-refractivity contribution in [2.75, 3.05) is 0 Å². The van der Waals surface area contributed by atoms with Crippen molar-refractivity contribution in [2.24, 2.45) is 5.16 Å². The Hall–Kier alpha value is -4.12. The van der Waals surface area contributed by atoms with Gasteiger partial charge in [-0.1, -0.05) is 29.4 Å². The van der Waals surface area contributed by atoms with Crippen LogP contribution in [0.1, 0.15) is 11.1 Å². The SMILES string of the molecule is O=[N+]([O-])c1ccc(S(=O)(=O)O/N=C2/c3ccccc3-c3ccc([N+](=O)[O-])cc32)cc1. The number of hydrogen-bond acceptors (Lipinski definition) is 8. The van der Waals surface area contributed by atoms with Gasteiger partial charge in [0.1, 0.15) is 10.6 Å². The van der Waals surface area contributed by atoms with Gasteiger partial charge < -0.3 is 0 Å². The number of non-ortho nitro benzene ring substituents is 2. The van der Waals surface area contributed by atoms with E-state index < -0.39 is 20.0 Å². The van der Waals surface area contributed by atoms with E-state index >= 15 is 0 Å². The summed E-state index contributed by atoms with van der Waals surface area (Å²) in [6.45, 7) is 0. The molecular weight excluding hydrogens is 414 g/mol. The number of hydrogen-bond donors (Lipinski definition) is 0. The van der Waals surface area contributed by atoms with Crippen LogP contribution in [0.3, 0.4) is 0 Å². The van der Waals surface area contributed by atoms with Crippen molar-refractivity contribution >= 4 is 27.2 Å². The van der Waals surface area contributed by atoms with Gasteiger partial charge in [0, 0.05) is 35.4 Å². The molecule has 0 aromatic heterocycles. The molecular formula is C19H11N3O7S. The largest absolute Gasteiger partial charge is 0.358 e. The van der Waals surface area contributed by atoms with E-state index in [0.29, 0.717) is 16.7 Å². The lowest BCUT2D eigenvalue weighted by atomic mass is 10.1. The van der Waals surface area contributed by atoms with Crippen molar-refractivity contribution in [2.45, 2.75) is 4.90 Å². The zero-order valence-electron chi connectivity index (χ0n) is 15.0. The van der Waals surface area contributed by atoms with E-state index in [-0.39, 0.29) is 22.0 Å². The predicted octanol–water partition coefficient (Wildman–Crippen LogP) is 3.64. The maximum Gasteiger partial charge on any atom is 0.358 e. The Kier molecular flexibility index (Phi) is 4.51. The fourth-order valence-corrected chi connectivity index (χ4v) is 3.84. The van der Waals surface area contributed by atoms with Crippen molar-refractivity contribution in [1.29, 1.82) is 0 Å². The van der Waals surface area contributed by atoms with Gasteiger partial charge in [-0.05, 0) is 29.3 Å². The van der Waals surface area contributed by atoms with Gasteiger partial charge in [-0.15, -0.1) is 0 Å². The van der Waals surface area contributed by atoms with Crippen LogP contribution in [0, 0.1) is 20.2 Å². The lowest BCUT2D eigenvalue weighted by Crippen LogP contribution is -2.07. The Morgan fingerprint density at radius 1 is 0.733 bits per heavy atom. The van der Waals surface area contributed by atoms with Gasteiger partial charge in [-0.2, -0.15) is 8.42 Å². The number of fused-ring (bicyclic) bond motifs is 3. The number of nitro groups is 2. The number of rotatable bonds is 5. The summed E-state index contributed by atoms with van der Waals surface area (Å²) in [6, 6.07) is 15.3. The van der Waals surface area contributed by atoms with Gasteiger partial charge in [0.25, 0.3) is 11.4 Å². The van der Waals surface area contributed by atoms with Gasteiger partial charge >= 0.3 is 10.1 Å². The molecule has 1 aliphatic rings. The second kappa shape index (κ2) is 7.04. The molecule has 0 amide bonds. The van der Waals surface area contributed by atoms with Gasteiger partial charge in [0.2, 0.25) is 0 Å². The average molecular weight is 425 g/mol. The van der Waals surface area contributed by atoms with E-state index in [0.717, 1.165) is 29.8 Å². The normalized spacial score (nSPS) is 13.5. The molecule has 0 saturated carbocycles. The lowest BCUT2D eigenvalue weighted by Gasteiger charge is -2.04. The monoisotopic (exact) mass is 425 g/mol. The molecule has 3 aromatic carbocycles. The third kappa shape index (κ3) is 3.26. The fraction of sp³-hybridized carbons (Fsp3) is 0. The third-order valence-corrected chi connectivity index (χ3v) is 5.62. The van der Waals surface area contributed by atoms with Crippen LogP contribution in [-0.4, -0.2) is 24.0 Å². The highest BCUT2D eigenvalue weighted by Gasteiger charge is 2.28. The molecule has 30 heavy (non-hydrogen) atoms. The molecule has 0 saturated heterocycles. The summed E-state index contributed by atoms with van der Waals surface area (Å²) < 4.78 is 29.8. The smallest absolute Gasteiger partial charge is 0.264 e. The summed E-state index contributed by atoms with van der Waals surface area (Å²) in [6.07, 6.45) is 0. The standard InChI is InChI=1S/C19H11N3O7S/c23-21(24)12-5-8-14(9-6-12)30(27,28)29-20-19-17-4-2-1-3-15(17)16-10-7-13(22(25)26)11-18(16)19/h1-11H/b20-19-. The van der Waals surface area contributed by atoms with Crippen molar-refractivity contribution in [3.8, 4) is 11.1 Å². The summed E-state index contributed by atoms with van der Waals surface area (Å²) in [5, 5.41) is 25.7. The summed E-state index contributed by atoms with van der Waals surface area (Å²) in [7, 11) is -4.37. The third-order valence-electron chi connectivity index (χ3n) is 4.50. The first-order valence-corrected chi connectivity index (χ1v) is 9.83. The minimum absolute atomic E-state index is 0.134. The van der Waals surface area contributed by atoms with Crippen LogP contribution in [0.25, 0.3) is 11.1 Å². The maximum absolute atomic E-state index is 12.5. The molecule has 0 N–H and O–H groups in total. The van der Waals surface area contributed by atoms with E-state index in [1.165, 1.54) is 12.1 Å². The second-order valence-corrected chi connectivity index (χ2v) is 7.78. The summed E-state index contributed by atoms with van der Waals surface area (Å²) in [5.74, 6) is 0. The molecule has 3 aromatic rings. The summed E-state index contributed by atoms with van der Waals surface area (Å²) in [5.41, 5.74) is 2.01. The molecule has 0 bridgehead atoms. The Balaban J connectivity index is 1.75. The number of nitrogens with zero attached hydrogens (tertiary/aromatic N) is 3. The minimum atomic E-state index is -4.37. The minimum Gasteiger partial charge on any atom is -0.264 e. The van der Waals surface area contributed by atoms with Crippen LogP contribution in [0.5, 0.6) is 0 Å². The molecule has 4 rings (SSSR count). The van der Waals surface area contributed by atoms with Crippen molar-refractivity contribution in [3.63, 3.8) is 0 Å². The van der Waals surface area contributed by atoms with Crippen molar-refractivity contribution in [1.82, 2.24) is 0 Å².